The van der Waals surface area contributed by atoms with Gasteiger partial charge in [-0.05, 0) is 24.6 Å². The highest BCUT2D eigenvalue weighted by atomic mass is 19.3. The Bertz CT molecular complexity index is 590. The molecule has 0 aliphatic rings. The Morgan fingerprint density at radius 2 is 2.10 bits per heavy atom. The van der Waals surface area contributed by atoms with Crippen molar-refractivity contribution in [1.82, 2.24) is 15.5 Å². The minimum absolute atomic E-state index is 0.000403. The molecule has 0 atom stereocenters. The summed E-state index contributed by atoms with van der Waals surface area (Å²) in [6.45, 7) is -0.351. The summed E-state index contributed by atoms with van der Waals surface area (Å²) >= 11 is 0. The summed E-state index contributed by atoms with van der Waals surface area (Å²) in [5.74, 6) is 1.28. The highest BCUT2D eigenvalue weighted by molar-refractivity contribution is 5.42. The van der Waals surface area contributed by atoms with Gasteiger partial charge < -0.3 is 19.3 Å². The van der Waals surface area contributed by atoms with E-state index in [1.165, 1.54) is 13.2 Å². The number of rotatable bonds is 7. The van der Waals surface area contributed by atoms with Crippen molar-refractivity contribution in [3.05, 3.63) is 35.5 Å². The lowest BCUT2D eigenvalue weighted by molar-refractivity contribution is -0.0512. The van der Waals surface area contributed by atoms with Gasteiger partial charge in [0.2, 0.25) is 5.89 Å². The van der Waals surface area contributed by atoms with E-state index in [1.54, 1.807) is 19.1 Å². The van der Waals surface area contributed by atoms with Crippen molar-refractivity contribution in [3.63, 3.8) is 0 Å². The van der Waals surface area contributed by atoms with Crippen LogP contribution >= 0.6 is 0 Å². The summed E-state index contributed by atoms with van der Waals surface area (Å²) in [6.07, 6.45) is 0. The number of methoxy groups -OCH3 is 1. The van der Waals surface area contributed by atoms with Crippen LogP contribution in [0.2, 0.25) is 0 Å². The standard InChI is InChI=1S/C13H15F2N3O3/c1-8-17-12(21-18-8)7-16-6-9-3-4-10(19-2)11(5-9)20-13(14)15/h3-5,13,16H,6-7H2,1-2H3. The van der Waals surface area contributed by atoms with Crippen molar-refractivity contribution < 1.29 is 22.8 Å². The monoisotopic (exact) mass is 299 g/mol. The molecule has 0 spiro atoms. The molecule has 6 nitrogen and oxygen atoms in total. The second-order valence-corrected chi connectivity index (χ2v) is 4.20. The zero-order valence-electron chi connectivity index (χ0n) is 11.6. The van der Waals surface area contributed by atoms with Crippen LogP contribution in [0, 0.1) is 6.92 Å². The predicted molar refractivity (Wildman–Crippen MR) is 69.2 cm³/mol. The van der Waals surface area contributed by atoms with Crippen LogP contribution in [-0.2, 0) is 13.1 Å². The van der Waals surface area contributed by atoms with Crippen LogP contribution in [0.25, 0.3) is 0 Å². The van der Waals surface area contributed by atoms with Crippen LogP contribution in [0.3, 0.4) is 0 Å². The second kappa shape index (κ2) is 6.98. The molecule has 8 heteroatoms. The molecule has 0 amide bonds. The van der Waals surface area contributed by atoms with Crippen molar-refractivity contribution in [3.8, 4) is 11.5 Å². The van der Waals surface area contributed by atoms with Gasteiger partial charge >= 0.3 is 6.61 Å². The molecule has 0 saturated heterocycles. The van der Waals surface area contributed by atoms with E-state index in [9.17, 15) is 8.78 Å². The number of nitrogens with zero attached hydrogens (tertiary/aromatic N) is 2. The Kier molecular flexibility index (Phi) is 5.04. The van der Waals surface area contributed by atoms with Crippen molar-refractivity contribution in [1.29, 1.82) is 0 Å². The van der Waals surface area contributed by atoms with Crippen LogP contribution in [0.1, 0.15) is 17.3 Å². The summed E-state index contributed by atoms with van der Waals surface area (Å²) in [5.41, 5.74) is 0.766. The Morgan fingerprint density at radius 3 is 2.71 bits per heavy atom. The number of hydrogen-bond donors (Lipinski definition) is 1. The minimum atomic E-state index is -2.90. The Labute approximate surface area is 120 Å². The maximum absolute atomic E-state index is 12.3. The maximum atomic E-state index is 12.3. The number of halogens is 2. The highest BCUT2D eigenvalue weighted by Crippen LogP contribution is 2.29. The molecule has 0 aliphatic heterocycles. The van der Waals surface area contributed by atoms with Crippen LogP contribution in [0.15, 0.2) is 22.7 Å². The van der Waals surface area contributed by atoms with Gasteiger partial charge in [0.15, 0.2) is 17.3 Å². The van der Waals surface area contributed by atoms with Gasteiger partial charge in [0.05, 0.1) is 13.7 Å². The van der Waals surface area contributed by atoms with E-state index < -0.39 is 6.61 Å². The highest BCUT2D eigenvalue weighted by Gasteiger charge is 2.11. The molecule has 0 bridgehead atoms. The topological polar surface area (TPSA) is 69.4 Å². The molecule has 0 aliphatic carbocycles. The fourth-order valence-corrected chi connectivity index (χ4v) is 1.74. The molecule has 1 heterocycles. The molecule has 0 unspecified atom stereocenters. The van der Waals surface area contributed by atoms with E-state index in [2.05, 4.69) is 20.2 Å². The van der Waals surface area contributed by atoms with Gasteiger partial charge in [-0.15, -0.1) is 0 Å². The number of aryl methyl sites for hydroxylation is 1. The van der Waals surface area contributed by atoms with Crippen molar-refractivity contribution in [2.75, 3.05) is 7.11 Å². The molecule has 2 aromatic rings. The first-order chi connectivity index (χ1) is 10.1. The molecule has 1 aromatic carbocycles. The third-order valence-corrected chi connectivity index (χ3v) is 2.62. The summed E-state index contributed by atoms with van der Waals surface area (Å²) in [4.78, 5) is 4.04. The number of aromatic nitrogens is 2. The third kappa shape index (κ3) is 4.38. The molecule has 0 fully saturated rings. The quantitative estimate of drug-likeness (QED) is 0.846. The van der Waals surface area contributed by atoms with E-state index in [0.29, 0.717) is 24.8 Å². The van der Waals surface area contributed by atoms with Crippen molar-refractivity contribution in [2.45, 2.75) is 26.6 Å². The summed E-state index contributed by atoms with van der Waals surface area (Å²) < 4.78 is 39.0. The van der Waals surface area contributed by atoms with E-state index in [1.807, 2.05) is 0 Å². The maximum Gasteiger partial charge on any atom is 0.387 e. The molecule has 0 radical (unpaired) electrons. The van der Waals surface area contributed by atoms with E-state index in [-0.39, 0.29) is 11.5 Å². The Balaban J connectivity index is 1.96. The van der Waals surface area contributed by atoms with Gasteiger partial charge in [0.1, 0.15) is 0 Å². The molecular formula is C13H15F2N3O3. The lowest BCUT2D eigenvalue weighted by atomic mass is 10.2. The number of alkyl halides is 2. The molecule has 0 saturated carbocycles. The van der Waals surface area contributed by atoms with Crippen LogP contribution in [0.5, 0.6) is 11.5 Å². The molecule has 114 valence electrons. The zero-order chi connectivity index (χ0) is 15.2. The first-order valence-corrected chi connectivity index (χ1v) is 6.20. The number of nitrogens with one attached hydrogen (secondary N) is 1. The van der Waals surface area contributed by atoms with Crippen LogP contribution in [0.4, 0.5) is 8.78 Å². The fourth-order valence-electron chi connectivity index (χ4n) is 1.74. The normalized spacial score (nSPS) is 10.9. The lowest BCUT2D eigenvalue weighted by Crippen LogP contribution is -2.13. The van der Waals surface area contributed by atoms with E-state index in [0.717, 1.165) is 5.56 Å². The molecule has 21 heavy (non-hydrogen) atoms. The second-order valence-electron chi connectivity index (χ2n) is 4.20. The van der Waals surface area contributed by atoms with E-state index >= 15 is 0 Å². The lowest BCUT2D eigenvalue weighted by Gasteiger charge is -2.11. The zero-order valence-corrected chi connectivity index (χ0v) is 11.6. The number of hydrogen-bond acceptors (Lipinski definition) is 6. The first-order valence-electron chi connectivity index (χ1n) is 6.20. The number of ether oxygens (including phenoxy) is 2. The predicted octanol–water partition coefficient (Wildman–Crippen LogP) is 2.28. The minimum Gasteiger partial charge on any atom is -0.493 e. The molecular weight excluding hydrogens is 284 g/mol. The average Bonchev–Trinajstić information content (AvgIpc) is 2.84. The van der Waals surface area contributed by atoms with Gasteiger partial charge in [-0.2, -0.15) is 13.8 Å². The van der Waals surface area contributed by atoms with Crippen LogP contribution in [-0.4, -0.2) is 23.9 Å². The summed E-state index contributed by atoms with van der Waals surface area (Å²) in [7, 11) is 1.39. The van der Waals surface area contributed by atoms with Crippen molar-refractivity contribution >= 4 is 0 Å². The van der Waals surface area contributed by atoms with Crippen LogP contribution < -0.4 is 14.8 Å². The molecule has 2 rings (SSSR count). The van der Waals surface area contributed by atoms with Gasteiger partial charge in [0, 0.05) is 6.54 Å². The van der Waals surface area contributed by atoms with Gasteiger partial charge in [-0.25, -0.2) is 0 Å². The Morgan fingerprint density at radius 1 is 1.29 bits per heavy atom. The van der Waals surface area contributed by atoms with Crippen molar-refractivity contribution in [2.24, 2.45) is 0 Å². The first kappa shape index (κ1) is 15.2. The summed E-state index contributed by atoms with van der Waals surface area (Å²) in [5, 5.41) is 6.73. The molecule has 1 N–H and O–H groups in total. The third-order valence-electron chi connectivity index (χ3n) is 2.62. The SMILES string of the molecule is COc1ccc(CNCc2nc(C)no2)cc1OC(F)F. The van der Waals surface area contributed by atoms with Gasteiger partial charge in [0.25, 0.3) is 0 Å². The molecule has 1 aromatic heterocycles. The summed E-state index contributed by atoms with van der Waals surface area (Å²) in [6, 6.07) is 4.83. The Hall–Kier alpha value is -2.22. The average molecular weight is 299 g/mol. The van der Waals surface area contributed by atoms with Gasteiger partial charge in [-0.1, -0.05) is 11.2 Å². The number of benzene rings is 1. The largest absolute Gasteiger partial charge is 0.493 e. The smallest absolute Gasteiger partial charge is 0.387 e. The van der Waals surface area contributed by atoms with E-state index in [4.69, 9.17) is 9.26 Å². The van der Waals surface area contributed by atoms with Gasteiger partial charge in [-0.3, -0.25) is 0 Å². The fraction of sp³-hybridized carbons (Fsp3) is 0.385.